The molecule has 0 aromatic heterocycles. The van der Waals surface area contributed by atoms with E-state index < -0.39 is 0 Å². The van der Waals surface area contributed by atoms with E-state index in [-0.39, 0.29) is 5.41 Å². The number of hydrogen-bond acceptors (Lipinski definition) is 2. The summed E-state index contributed by atoms with van der Waals surface area (Å²) in [6, 6.07) is 5.06. The van der Waals surface area contributed by atoms with Crippen LogP contribution in [0.3, 0.4) is 0 Å². The first-order chi connectivity index (χ1) is 8.46. The highest BCUT2D eigenvalue weighted by Gasteiger charge is 2.41. The molecule has 0 aliphatic carbocycles. The molecule has 2 nitrogen and oxygen atoms in total. The Kier molecular flexibility index (Phi) is 3.79. The first-order valence-electron chi connectivity index (χ1n) is 6.85. The Bertz CT molecular complexity index is 433. The molecule has 2 rings (SSSR count). The molecule has 1 N–H and O–H groups in total. The second kappa shape index (κ2) is 5.02. The zero-order chi connectivity index (χ0) is 13.3. The highest BCUT2D eigenvalue weighted by Crippen LogP contribution is 2.35. The molecule has 1 aliphatic heterocycles. The quantitative estimate of drug-likeness (QED) is 0.883. The van der Waals surface area contributed by atoms with Gasteiger partial charge in [0, 0.05) is 12.6 Å². The zero-order valence-corrected chi connectivity index (χ0v) is 12.3. The van der Waals surface area contributed by atoms with Crippen LogP contribution < -0.4 is 5.32 Å². The number of aryl methyl sites for hydroxylation is 1. The Morgan fingerprint density at radius 1 is 1.17 bits per heavy atom. The summed E-state index contributed by atoms with van der Waals surface area (Å²) >= 11 is 0. The van der Waals surface area contributed by atoms with Crippen LogP contribution in [0.5, 0.6) is 0 Å². The fourth-order valence-electron chi connectivity index (χ4n) is 2.63. The van der Waals surface area contributed by atoms with Crippen molar-refractivity contribution in [3.63, 3.8) is 0 Å². The summed E-state index contributed by atoms with van der Waals surface area (Å²) in [5.74, 6) is 0. The summed E-state index contributed by atoms with van der Waals surface area (Å²) in [5.41, 5.74) is 5.88. The molecule has 1 fully saturated rings. The van der Waals surface area contributed by atoms with Gasteiger partial charge in [0.2, 0.25) is 0 Å². The van der Waals surface area contributed by atoms with Gasteiger partial charge in [0.15, 0.2) is 0 Å². The molecule has 100 valence electrons. The maximum absolute atomic E-state index is 5.51. The van der Waals surface area contributed by atoms with Gasteiger partial charge in [-0.05, 0) is 43.0 Å². The molecule has 18 heavy (non-hydrogen) atoms. The molecule has 0 amide bonds. The smallest absolute Gasteiger partial charge is 0.0598 e. The van der Waals surface area contributed by atoms with Gasteiger partial charge in [-0.25, -0.2) is 0 Å². The van der Waals surface area contributed by atoms with Gasteiger partial charge in [0.1, 0.15) is 0 Å². The average molecular weight is 247 g/mol. The van der Waals surface area contributed by atoms with Crippen molar-refractivity contribution in [2.24, 2.45) is 0 Å². The molecule has 0 unspecified atom stereocenters. The van der Waals surface area contributed by atoms with Crippen molar-refractivity contribution in [2.45, 2.75) is 46.1 Å². The van der Waals surface area contributed by atoms with Gasteiger partial charge in [-0.3, -0.25) is 0 Å². The molecule has 1 saturated heterocycles. The predicted octanol–water partition coefficient (Wildman–Crippen LogP) is 2.88. The van der Waals surface area contributed by atoms with E-state index in [1.165, 1.54) is 22.3 Å². The fraction of sp³-hybridized carbons (Fsp3) is 0.625. The van der Waals surface area contributed by atoms with Crippen LogP contribution in [0.15, 0.2) is 12.1 Å². The van der Waals surface area contributed by atoms with E-state index in [0.717, 1.165) is 19.8 Å². The first-order valence-corrected chi connectivity index (χ1v) is 6.85. The monoisotopic (exact) mass is 247 g/mol. The molecule has 1 aromatic rings. The number of rotatable bonds is 4. The minimum Gasteiger partial charge on any atom is -0.379 e. The molecule has 0 bridgehead atoms. The number of nitrogens with one attached hydrogen (secondary N) is 1. The lowest BCUT2D eigenvalue weighted by Gasteiger charge is -2.44. The lowest BCUT2D eigenvalue weighted by atomic mass is 9.75. The van der Waals surface area contributed by atoms with Crippen LogP contribution in [0.2, 0.25) is 0 Å². The third kappa shape index (κ3) is 2.32. The van der Waals surface area contributed by atoms with Crippen LogP contribution in [0.25, 0.3) is 0 Å². The van der Waals surface area contributed by atoms with Crippen LogP contribution in [0.4, 0.5) is 0 Å². The maximum Gasteiger partial charge on any atom is 0.0598 e. The molecule has 1 aromatic carbocycles. The molecule has 0 spiro atoms. The van der Waals surface area contributed by atoms with E-state index in [0.29, 0.717) is 6.04 Å². The molecule has 0 radical (unpaired) electrons. The third-order valence-electron chi connectivity index (χ3n) is 4.23. The van der Waals surface area contributed by atoms with E-state index in [2.05, 4.69) is 52.1 Å². The molecule has 0 saturated carbocycles. The zero-order valence-electron chi connectivity index (χ0n) is 12.3. The fourth-order valence-corrected chi connectivity index (χ4v) is 2.63. The van der Waals surface area contributed by atoms with E-state index in [9.17, 15) is 0 Å². The second-order valence-electron chi connectivity index (χ2n) is 5.99. The van der Waals surface area contributed by atoms with Gasteiger partial charge in [-0.1, -0.05) is 26.0 Å². The van der Waals surface area contributed by atoms with Crippen LogP contribution in [-0.2, 0) is 10.2 Å². The van der Waals surface area contributed by atoms with E-state index in [1.807, 2.05) is 0 Å². The van der Waals surface area contributed by atoms with Crippen molar-refractivity contribution < 1.29 is 4.74 Å². The summed E-state index contributed by atoms with van der Waals surface area (Å²) < 4.78 is 5.51. The Morgan fingerprint density at radius 3 is 2.33 bits per heavy atom. The van der Waals surface area contributed by atoms with Crippen molar-refractivity contribution in [3.05, 3.63) is 34.4 Å². The molecular formula is C16H25NO. The Labute approximate surface area is 111 Å². The lowest BCUT2D eigenvalue weighted by Crippen LogP contribution is -2.54. The Balaban J connectivity index is 2.30. The standard InChI is InChI=1S/C16H25NO/c1-11(2)17-8-16(9-18-10-16)15-7-6-12(3)13(4)14(15)5/h6-7,11,17H,8-10H2,1-5H3. The second-order valence-corrected chi connectivity index (χ2v) is 5.99. The Morgan fingerprint density at radius 2 is 1.83 bits per heavy atom. The van der Waals surface area contributed by atoms with E-state index >= 15 is 0 Å². The lowest BCUT2D eigenvalue weighted by molar-refractivity contribution is -0.0600. The van der Waals surface area contributed by atoms with Crippen LogP contribution in [0, 0.1) is 20.8 Å². The topological polar surface area (TPSA) is 21.3 Å². The number of ether oxygens (including phenoxy) is 1. The SMILES string of the molecule is Cc1ccc(C2(CNC(C)C)COC2)c(C)c1C. The van der Waals surface area contributed by atoms with Crippen LogP contribution in [0.1, 0.15) is 36.1 Å². The minimum atomic E-state index is 0.187. The molecule has 1 aliphatic rings. The van der Waals surface area contributed by atoms with Gasteiger partial charge >= 0.3 is 0 Å². The van der Waals surface area contributed by atoms with Crippen molar-refractivity contribution in [1.29, 1.82) is 0 Å². The summed E-state index contributed by atoms with van der Waals surface area (Å²) in [5, 5.41) is 3.57. The van der Waals surface area contributed by atoms with E-state index in [4.69, 9.17) is 4.74 Å². The molecule has 0 atom stereocenters. The van der Waals surface area contributed by atoms with Crippen molar-refractivity contribution >= 4 is 0 Å². The molecular weight excluding hydrogens is 222 g/mol. The maximum atomic E-state index is 5.51. The summed E-state index contributed by atoms with van der Waals surface area (Å²) in [6.45, 7) is 13.7. The van der Waals surface area contributed by atoms with Crippen molar-refractivity contribution in [1.82, 2.24) is 5.32 Å². The van der Waals surface area contributed by atoms with Crippen molar-refractivity contribution in [3.8, 4) is 0 Å². The molecule has 2 heteroatoms. The van der Waals surface area contributed by atoms with Gasteiger partial charge in [-0.2, -0.15) is 0 Å². The normalized spacial score (nSPS) is 17.9. The average Bonchev–Trinajstić information content (AvgIpc) is 2.26. The summed E-state index contributed by atoms with van der Waals surface area (Å²) in [4.78, 5) is 0. The third-order valence-corrected chi connectivity index (χ3v) is 4.23. The minimum absolute atomic E-state index is 0.187. The summed E-state index contributed by atoms with van der Waals surface area (Å²) in [6.07, 6.45) is 0. The van der Waals surface area contributed by atoms with Gasteiger partial charge in [0.05, 0.1) is 18.6 Å². The van der Waals surface area contributed by atoms with Gasteiger partial charge in [0.25, 0.3) is 0 Å². The van der Waals surface area contributed by atoms with Crippen molar-refractivity contribution in [2.75, 3.05) is 19.8 Å². The predicted molar refractivity (Wildman–Crippen MR) is 76.3 cm³/mol. The van der Waals surface area contributed by atoms with Gasteiger partial charge in [-0.15, -0.1) is 0 Å². The molecule has 1 heterocycles. The Hall–Kier alpha value is -0.860. The highest BCUT2D eigenvalue weighted by atomic mass is 16.5. The highest BCUT2D eigenvalue weighted by molar-refractivity contribution is 5.44. The first kappa shape index (κ1) is 13.6. The number of hydrogen-bond donors (Lipinski definition) is 1. The van der Waals surface area contributed by atoms with E-state index in [1.54, 1.807) is 0 Å². The number of benzene rings is 1. The van der Waals surface area contributed by atoms with Crippen LogP contribution in [-0.4, -0.2) is 25.8 Å². The summed E-state index contributed by atoms with van der Waals surface area (Å²) in [7, 11) is 0. The van der Waals surface area contributed by atoms with Gasteiger partial charge < -0.3 is 10.1 Å². The largest absolute Gasteiger partial charge is 0.379 e. The van der Waals surface area contributed by atoms with Crippen LogP contribution >= 0.6 is 0 Å².